The van der Waals surface area contributed by atoms with E-state index in [-0.39, 0.29) is 17.7 Å². The summed E-state index contributed by atoms with van der Waals surface area (Å²) in [5.41, 5.74) is 5.02. The van der Waals surface area contributed by atoms with Gasteiger partial charge >= 0.3 is 5.97 Å². The van der Waals surface area contributed by atoms with Crippen LogP contribution in [0.5, 0.6) is 0 Å². The zero-order valence-corrected chi connectivity index (χ0v) is 14.8. The van der Waals surface area contributed by atoms with Gasteiger partial charge in [-0.3, -0.25) is 9.59 Å². The lowest BCUT2D eigenvalue weighted by Crippen LogP contribution is -2.16. The molecule has 0 heterocycles. The van der Waals surface area contributed by atoms with Crippen LogP contribution in [0, 0.1) is 19.8 Å². The Balaban J connectivity index is 1.91. The van der Waals surface area contributed by atoms with Crippen molar-refractivity contribution in [2.45, 2.75) is 65.7 Å². The first kappa shape index (κ1) is 17.7. The van der Waals surface area contributed by atoms with Crippen LogP contribution in [0.3, 0.4) is 0 Å². The average molecular weight is 316 g/mol. The molecule has 0 radical (unpaired) electrons. The Morgan fingerprint density at radius 1 is 1.22 bits per heavy atom. The number of carbonyl (C=O) groups excluding carboxylic acids is 2. The minimum absolute atomic E-state index is 0.200. The minimum atomic E-state index is -0.210. The van der Waals surface area contributed by atoms with Crippen LogP contribution in [0.2, 0.25) is 0 Å². The highest BCUT2D eigenvalue weighted by Gasteiger charge is 2.24. The second kappa shape index (κ2) is 7.76. The highest BCUT2D eigenvalue weighted by Crippen LogP contribution is 2.41. The second-order valence-corrected chi connectivity index (χ2v) is 6.81. The number of aryl methyl sites for hydroxylation is 2. The van der Waals surface area contributed by atoms with Gasteiger partial charge in [0.15, 0.2) is 0 Å². The summed E-state index contributed by atoms with van der Waals surface area (Å²) in [6, 6.07) is 4.49. The lowest BCUT2D eigenvalue weighted by atomic mass is 9.92. The van der Waals surface area contributed by atoms with Gasteiger partial charge in [0.25, 0.3) is 0 Å². The van der Waals surface area contributed by atoms with Crippen molar-refractivity contribution < 1.29 is 14.3 Å². The summed E-state index contributed by atoms with van der Waals surface area (Å²) in [6.07, 6.45) is 4.06. The van der Waals surface area contributed by atoms with Crippen LogP contribution in [0.15, 0.2) is 12.1 Å². The van der Waals surface area contributed by atoms with Crippen LogP contribution < -0.4 is 0 Å². The fourth-order valence-corrected chi connectivity index (χ4v) is 3.02. The first-order chi connectivity index (χ1) is 10.9. The summed E-state index contributed by atoms with van der Waals surface area (Å²) in [7, 11) is 0. The van der Waals surface area contributed by atoms with Crippen molar-refractivity contribution in [3.8, 4) is 0 Å². The van der Waals surface area contributed by atoms with Gasteiger partial charge < -0.3 is 4.74 Å². The highest BCUT2D eigenvalue weighted by atomic mass is 16.5. The van der Waals surface area contributed by atoms with Gasteiger partial charge in [-0.1, -0.05) is 19.1 Å². The largest absolute Gasteiger partial charge is 0.466 e. The van der Waals surface area contributed by atoms with Crippen LogP contribution in [-0.4, -0.2) is 18.4 Å². The summed E-state index contributed by atoms with van der Waals surface area (Å²) in [5.74, 6) is 0.522. The number of esters is 1. The topological polar surface area (TPSA) is 43.4 Å². The maximum atomic E-state index is 12.3. The number of benzene rings is 1. The minimum Gasteiger partial charge on any atom is -0.466 e. The number of hydrogen-bond acceptors (Lipinski definition) is 3. The SMILES string of the molecule is CCOC(=O)C(C)CCC(=O)Cc1c(C)cc(C2CC2)cc1C. The number of Topliss-reactive ketones (excluding diaryl/α,β-unsaturated/α-hetero) is 1. The van der Waals surface area contributed by atoms with E-state index in [4.69, 9.17) is 4.74 Å². The second-order valence-electron chi connectivity index (χ2n) is 6.81. The number of rotatable bonds is 8. The van der Waals surface area contributed by atoms with E-state index in [1.165, 1.54) is 29.5 Å². The smallest absolute Gasteiger partial charge is 0.308 e. The van der Waals surface area contributed by atoms with Gasteiger partial charge in [0.2, 0.25) is 0 Å². The van der Waals surface area contributed by atoms with Crippen LogP contribution in [0.1, 0.15) is 67.7 Å². The van der Waals surface area contributed by atoms with Gasteiger partial charge in [0.1, 0.15) is 5.78 Å². The Hall–Kier alpha value is -1.64. The molecule has 1 fully saturated rings. The summed E-state index contributed by atoms with van der Waals surface area (Å²) >= 11 is 0. The molecule has 1 aromatic rings. The van der Waals surface area contributed by atoms with Crippen molar-refractivity contribution in [1.82, 2.24) is 0 Å². The van der Waals surface area contributed by atoms with E-state index in [0.29, 0.717) is 25.9 Å². The molecule has 0 spiro atoms. The monoisotopic (exact) mass is 316 g/mol. The quantitative estimate of drug-likeness (QED) is 0.673. The standard InChI is InChI=1S/C20H28O3/c1-5-23-20(22)13(2)6-9-18(21)12-19-14(3)10-17(11-15(19)4)16-7-8-16/h10-11,13,16H,5-9,12H2,1-4H3. The van der Waals surface area contributed by atoms with Crippen LogP contribution in [-0.2, 0) is 20.7 Å². The third-order valence-electron chi connectivity index (χ3n) is 4.69. The third kappa shape index (κ3) is 4.92. The first-order valence-corrected chi connectivity index (χ1v) is 8.70. The summed E-state index contributed by atoms with van der Waals surface area (Å²) in [4.78, 5) is 23.9. The van der Waals surface area contributed by atoms with E-state index < -0.39 is 0 Å². The van der Waals surface area contributed by atoms with Crippen molar-refractivity contribution in [3.05, 3.63) is 34.4 Å². The lowest BCUT2D eigenvalue weighted by molar-refractivity contribution is -0.147. The number of carbonyl (C=O) groups is 2. The Labute approximate surface area is 139 Å². The lowest BCUT2D eigenvalue weighted by Gasteiger charge is -2.13. The molecular weight excluding hydrogens is 288 g/mol. The number of ketones is 1. The molecule has 1 unspecified atom stereocenters. The van der Waals surface area contributed by atoms with E-state index in [0.717, 1.165) is 11.5 Å². The summed E-state index contributed by atoms with van der Waals surface area (Å²) in [5, 5.41) is 0. The molecule has 1 atom stereocenters. The van der Waals surface area contributed by atoms with E-state index in [1.807, 2.05) is 6.92 Å². The Morgan fingerprint density at radius 2 is 1.83 bits per heavy atom. The molecule has 0 N–H and O–H groups in total. The van der Waals surface area contributed by atoms with Gasteiger partial charge in [0, 0.05) is 12.8 Å². The summed E-state index contributed by atoms with van der Waals surface area (Å²) < 4.78 is 4.98. The summed E-state index contributed by atoms with van der Waals surface area (Å²) in [6.45, 7) is 8.22. The number of ether oxygens (including phenoxy) is 1. The zero-order chi connectivity index (χ0) is 17.0. The van der Waals surface area contributed by atoms with Crippen LogP contribution in [0.4, 0.5) is 0 Å². The first-order valence-electron chi connectivity index (χ1n) is 8.70. The van der Waals surface area contributed by atoms with Gasteiger partial charge in [-0.25, -0.2) is 0 Å². The van der Waals surface area contributed by atoms with E-state index in [2.05, 4.69) is 26.0 Å². The fourth-order valence-electron chi connectivity index (χ4n) is 3.02. The van der Waals surface area contributed by atoms with E-state index in [9.17, 15) is 9.59 Å². The molecule has 126 valence electrons. The molecule has 0 aromatic heterocycles. The van der Waals surface area contributed by atoms with Crippen molar-refractivity contribution in [1.29, 1.82) is 0 Å². The maximum absolute atomic E-state index is 12.3. The van der Waals surface area contributed by atoms with Gasteiger partial charge in [-0.15, -0.1) is 0 Å². The maximum Gasteiger partial charge on any atom is 0.308 e. The fraction of sp³-hybridized carbons (Fsp3) is 0.600. The van der Waals surface area contributed by atoms with Crippen molar-refractivity contribution in [2.24, 2.45) is 5.92 Å². The molecule has 23 heavy (non-hydrogen) atoms. The number of hydrogen-bond donors (Lipinski definition) is 0. The van der Waals surface area contributed by atoms with Gasteiger partial charge in [0.05, 0.1) is 12.5 Å². The van der Waals surface area contributed by atoms with Crippen molar-refractivity contribution in [3.63, 3.8) is 0 Å². The molecule has 2 rings (SSSR count). The van der Waals surface area contributed by atoms with Crippen molar-refractivity contribution >= 4 is 11.8 Å². The zero-order valence-electron chi connectivity index (χ0n) is 14.8. The third-order valence-corrected chi connectivity index (χ3v) is 4.69. The molecule has 0 amide bonds. The molecule has 1 aliphatic rings. The molecule has 0 aliphatic heterocycles. The molecule has 3 nitrogen and oxygen atoms in total. The van der Waals surface area contributed by atoms with E-state index in [1.54, 1.807) is 6.92 Å². The highest BCUT2D eigenvalue weighted by molar-refractivity contribution is 5.82. The molecule has 0 bridgehead atoms. The van der Waals surface area contributed by atoms with E-state index >= 15 is 0 Å². The molecule has 0 saturated heterocycles. The predicted molar refractivity (Wildman–Crippen MR) is 91.6 cm³/mol. The molecule has 1 saturated carbocycles. The van der Waals surface area contributed by atoms with Crippen molar-refractivity contribution in [2.75, 3.05) is 6.61 Å². The van der Waals surface area contributed by atoms with Gasteiger partial charge in [-0.05, 0) is 68.2 Å². The van der Waals surface area contributed by atoms with Crippen LogP contribution in [0.25, 0.3) is 0 Å². The van der Waals surface area contributed by atoms with Gasteiger partial charge in [-0.2, -0.15) is 0 Å². The Kier molecular flexibility index (Phi) is 5.97. The van der Waals surface area contributed by atoms with Crippen LogP contribution >= 0.6 is 0 Å². The Morgan fingerprint density at radius 3 is 2.35 bits per heavy atom. The Bertz CT molecular complexity index is 562. The predicted octanol–water partition coefficient (Wildman–Crippen LogP) is 4.27. The molecule has 1 aliphatic carbocycles. The molecule has 1 aromatic carbocycles. The average Bonchev–Trinajstić information content (AvgIpc) is 3.33. The molecular formula is C20H28O3. The normalized spacial score (nSPS) is 15.3. The molecule has 3 heteroatoms.